The van der Waals surface area contributed by atoms with E-state index in [0.29, 0.717) is 13.1 Å². The highest BCUT2D eigenvalue weighted by Crippen LogP contribution is 2.14. The van der Waals surface area contributed by atoms with Crippen molar-refractivity contribution in [1.82, 2.24) is 14.9 Å². The third-order valence-electron chi connectivity index (χ3n) is 3.16. The van der Waals surface area contributed by atoms with Gasteiger partial charge in [-0.15, -0.1) is 11.3 Å². The molecule has 0 unspecified atom stereocenters. The topological polar surface area (TPSA) is 64.0 Å². The summed E-state index contributed by atoms with van der Waals surface area (Å²) in [5.41, 5.74) is 1.67. The lowest BCUT2D eigenvalue weighted by atomic mass is 10.3. The summed E-state index contributed by atoms with van der Waals surface area (Å²) in [5, 5.41) is 5.89. The fraction of sp³-hybridized carbons (Fsp3) is 0.400. The average Bonchev–Trinajstić information content (AvgIpc) is 2.93. The lowest BCUT2D eigenvalue weighted by Gasteiger charge is -2.09. The van der Waals surface area contributed by atoms with E-state index in [9.17, 15) is 9.59 Å². The first-order valence-electron chi connectivity index (χ1n) is 6.95. The Hall–Kier alpha value is -1.60. The van der Waals surface area contributed by atoms with E-state index in [1.54, 1.807) is 33.7 Å². The van der Waals surface area contributed by atoms with E-state index in [4.69, 9.17) is 0 Å². The molecule has 2 heterocycles. The first-order chi connectivity index (χ1) is 10.6. The van der Waals surface area contributed by atoms with Gasteiger partial charge in [0.1, 0.15) is 5.01 Å². The van der Waals surface area contributed by atoms with E-state index >= 15 is 0 Å². The molecule has 0 aliphatic carbocycles. The highest BCUT2D eigenvalue weighted by atomic mass is 32.2. The summed E-state index contributed by atoms with van der Waals surface area (Å²) in [5.74, 6) is 0.823. The second-order valence-corrected chi connectivity index (χ2v) is 6.66. The van der Waals surface area contributed by atoms with Gasteiger partial charge in [-0.05, 0) is 19.2 Å². The number of thiazole rings is 1. The first-order valence-corrected chi connectivity index (χ1v) is 9.23. The fourth-order valence-corrected chi connectivity index (χ4v) is 3.54. The third kappa shape index (κ3) is 4.71. The number of amides is 1. The maximum absolute atomic E-state index is 11.9. The molecule has 0 spiro atoms. The second-order valence-electron chi connectivity index (χ2n) is 4.85. The van der Waals surface area contributed by atoms with Gasteiger partial charge in [-0.1, -0.05) is 6.07 Å². The summed E-state index contributed by atoms with van der Waals surface area (Å²) < 4.78 is 1.61. The molecule has 118 valence electrons. The van der Waals surface area contributed by atoms with E-state index in [1.807, 2.05) is 24.6 Å². The lowest BCUT2D eigenvalue weighted by Crippen LogP contribution is -2.27. The SMILES string of the molecule is CSCc1nc(CNC(=O)CCn2c(C)cccc2=O)cs1. The standard InChI is InChI=1S/C15H19N3O2S2/c1-11-4-3-5-15(20)18(11)7-6-13(19)16-8-12-9-22-14(17-12)10-21-2/h3-5,9H,6-8,10H2,1-2H3,(H,16,19). The number of carbonyl (C=O) groups excluding carboxylic acids is 1. The van der Waals surface area contributed by atoms with Gasteiger partial charge in [-0.3, -0.25) is 9.59 Å². The fourth-order valence-electron chi connectivity index (χ4n) is 2.02. The van der Waals surface area contributed by atoms with Crippen LogP contribution >= 0.6 is 23.1 Å². The van der Waals surface area contributed by atoms with Gasteiger partial charge < -0.3 is 9.88 Å². The van der Waals surface area contributed by atoms with E-state index in [1.165, 1.54) is 6.07 Å². The molecule has 5 nitrogen and oxygen atoms in total. The molecule has 0 aliphatic heterocycles. The Morgan fingerprint density at radius 1 is 1.45 bits per heavy atom. The number of aromatic nitrogens is 2. The number of aryl methyl sites for hydroxylation is 1. The summed E-state index contributed by atoms with van der Waals surface area (Å²) in [6.45, 7) is 2.69. The zero-order chi connectivity index (χ0) is 15.9. The number of hydrogen-bond acceptors (Lipinski definition) is 5. The minimum atomic E-state index is -0.0750. The van der Waals surface area contributed by atoms with Gasteiger partial charge in [0, 0.05) is 35.9 Å². The van der Waals surface area contributed by atoms with E-state index in [-0.39, 0.29) is 17.9 Å². The molecule has 0 fully saturated rings. The Balaban J connectivity index is 1.81. The molecule has 2 rings (SSSR count). The van der Waals surface area contributed by atoms with Gasteiger partial charge in [0.05, 0.1) is 12.2 Å². The smallest absolute Gasteiger partial charge is 0.250 e. The van der Waals surface area contributed by atoms with Crippen molar-refractivity contribution in [2.45, 2.75) is 32.2 Å². The van der Waals surface area contributed by atoms with Crippen LogP contribution in [0, 0.1) is 6.92 Å². The van der Waals surface area contributed by atoms with Crippen LogP contribution in [0.25, 0.3) is 0 Å². The summed E-state index contributed by atoms with van der Waals surface area (Å²) in [6.07, 6.45) is 2.32. The van der Waals surface area contributed by atoms with E-state index in [2.05, 4.69) is 10.3 Å². The Morgan fingerprint density at radius 3 is 3.00 bits per heavy atom. The minimum Gasteiger partial charge on any atom is -0.350 e. The van der Waals surface area contributed by atoms with Crippen LogP contribution < -0.4 is 10.9 Å². The van der Waals surface area contributed by atoms with Crippen LogP contribution in [0.15, 0.2) is 28.4 Å². The zero-order valence-corrected chi connectivity index (χ0v) is 14.3. The summed E-state index contributed by atoms with van der Waals surface area (Å²) >= 11 is 3.34. The quantitative estimate of drug-likeness (QED) is 0.841. The summed E-state index contributed by atoms with van der Waals surface area (Å²) in [7, 11) is 0. The molecule has 0 saturated carbocycles. The molecule has 1 N–H and O–H groups in total. The first kappa shape index (κ1) is 16.8. The normalized spacial score (nSPS) is 10.6. The molecule has 0 radical (unpaired) electrons. The van der Waals surface area contributed by atoms with Crippen molar-refractivity contribution in [2.24, 2.45) is 0 Å². The van der Waals surface area contributed by atoms with Crippen LogP contribution in [0.3, 0.4) is 0 Å². The number of thioether (sulfide) groups is 1. The molecule has 22 heavy (non-hydrogen) atoms. The van der Waals surface area contributed by atoms with Crippen LogP contribution in [0.2, 0.25) is 0 Å². The van der Waals surface area contributed by atoms with Crippen molar-refractivity contribution in [1.29, 1.82) is 0 Å². The number of nitrogens with one attached hydrogen (secondary N) is 1. The van der Waals surface area contributed by atoms with Gasteiger partial charge >= 0.3 is 0 Å². The Kier molecular flexibility index (Phi) is 6.21. The summed E-state index contributed by atoms with van der Waals surface area (Å²) in [4.78, 5) is 28.1. The predicted molar refractivity (Wildman–Crippen MR) is 91.2 cm³/mol. The minimum absolute atomic E-state index is 0.0745. The molecule has 0 aromatic carbocycles. The van der Waals surface area contributed by atoms with Gasteiger partial charge in [0.2, 0.25) is 5.91 Å². The Morgan fingerprint density at radius 2 is 2.27 bits per heavy atom. The number of rotatable bonds is 7. The molecule has 0 saturated heterocycles. The van der Waals surface area contributed by atoms with Crippen molar-refractivity contribution in [3.05, 3.63) is 50.3 Å². The largest absolute Gasteiger partial charge is 0.350 e. The van der Waals surface area contributed by atoms with Crippen molar-refractivity contribution in [2.75, 3.05) is 6.26 Å². The molecule has 0 bridgehead atoms. The molecular formula is C15H19N3O2S2. The number of pyridine rings is 1. The maximum atomic E-state index is 11.9. The molecule has 0 aliphatic rings. The van der Waals surface area contributed by atoms with Crippen molar-refractivity contribution < 1.29 is 4.79 Å². The van der Waals surface area contributed by atoms with E-state index < -0.39 is 0 Å². The van der Waals surface area contributed by atoms with Crippen LogP contribution in [-0.4, -0.2) is 21.7 Å². The Labute approximate surface area is 137 Å². The molecular weight excluding hydrogens is 318 g/mol. The average molecular weight is 337 g/mol. The second kappa shape index (κ2) is 8.14. The molecule has 2 aromatic rings. The van der Waals surface area contributed by atoms with Gasteiger partial charge in [0.25, 0.3) is 5.56 Å². The molecule has 0 atom stereocenters. The van der Waals surface area contributed by atoms with Gasteiger partial charge in [0.15, 0.2) is 0 Å². The maximum Gasteiger partial charge on any atom is 0.250 e. The highest BCUT2D eigenvalue weighted by molar-refractivity contribution is 7.97. The van der Waals surface area contributed by atoms with E-state index in [0.717, 1.165) is 22.1 Å². The highest BCUT2D eigenvalue weighted by Gasteiger charge is 2.06. The Bertz CT molecular complexity index is 694. The molecule has 1 amide bonds. The van der Waals surface area contributed by atoms with Crippen LogP contribution in [0.1, 0.15) is 22.8 Å². The zero-order valence-electron chi connectivity index (χ0n) is 12.7. The van der Waals surface area contributed by atoms with Crippen LogP contribution in [0.4, 0.5) is 0 Å². The molecule has 7 heteroatoms. The van der Waals surface area contributed by atoms with Crippen molar-refractivity contribution >= 4 is 29.0 Å². The predicted octanol–water partition coefficient (Wildman–Crippen LogP) is 2.18. The van der Waals surface area contributed by atoms with Gasteiger partial charge in [-0.25, -0.2) is 4.98 Å². The number of hydrogen-bond donors (Lipinski definition) is 1. The molecule has 2 aromatic heterocycles. The lowest BCUT2D eigenvalue weighted by molar-refractivity contribution is -0.121. The number of nitrogens with zero attached hydrogens (tertiary/aromatic N) is 2. The number of carbonyl (C=O) groups is 1. The van der Waals surface area contributed by atoms with Crippen molar-refractivity contribution in [3.8, 4) is 0 Å². The van der Waals surface area contributed by atoms with Crippen molar-refractivity contribution in [3.63, 3.8) is 0 Å². The van der Waals surface area contributed by atoms with Crippen LogP contribution in [-0.2, 0) is 23.6 Å². The van der Waals surface area contributed by atoms with Gasteiger partial charge in [-0.2, -0.15) is 11.8 Å². The monoisotopic (exact) mass is 337 g/mol. The third-order valence-corrected chi connectivity index (χ3v) is 4.81. The van der Waals surface area contributed by atoms with Crippen LogP contribution in [0.5, 0.6) is 0 Å². The summed E-state index contributed by atoms with van der Waals surface area (Å²) in [6, 6.07) is 5.10.